The van der Waals surface area contributed by atoms with E-state index in [1.807, 2.05) is 26.2 Å². The number of aromatic nitrogens is 1. The summed E-state index contributed by atoms with van der Waals surface area (Å²) in [5.41, 5.74) is 0. The second-order valence-corrected chi connectivity index (χ2v) is 5.90. The van der Waals surface area contributed by atoms with Crippen LogP contribution in [0.25, 0.3) is 0 Å². The maximum absolute atomic E-state index is 11.7. The van der Waals surface area contributed by atoms with Gasteiger partial charge in [0, 0.05) is 23.4 Å². The molecule has 0 amide bonds. The van der Waals surface area contributed by atoms with Crippen LogP contribution in [-0.4, -0.2) is 35.4 Å². The van der Waals surface area contributed by atoms with Gasteiger partial charge >= 0.3 is 5.97 Å². The maximum atomic E-state index is 11.7. The van der Waals surface area contributed by atoms with E-state index in [-0.39, 0.29) is 18.1 Å². The van der Waals surface area contributed by atoms with Crippen molar-refractivity contribution in [3.8, 4) is 0 Å². The van der Waals surface area contributed by atoms with E-state index in [0.717, 1.165) is 4.34 Å². The zero-order valence-electron chi connectivity index (χ0n) is 10.3. The number of carbonyl (C=O) groups is 1. The van der Waals surface area contributed by atoms with Gasteiger partial charge in [-0.3, -0.25) is 4.79 Å². The summed E-state index contributed by atoms with van der Waals surface area (Å²) in [6.45, 7) is 6.26. The number of carbonyl (C=O) groups excluding carboxylic acids is 1. The van der Waals surface area contributed by atoms with Crippen molar-refractivity contribution in [2.75, 3.05) is 12.4 Å². The molecule has 1 aromatic heterocycles. The van der Waals surface area contributed by atoms with Gasteiger partial charge < -0.3 is 10.1 Å². The molecule has 0 aliphatic heterocycles. The van der Waals surface area contributed by atoms with Crippen LogP contribution >= 0.6 is 23.1 Å². The Balaban J connectivity index is 2.48. The summed E-state index contributed by atoms with van der Waals surface area (Å²) in [6.07, 6.45) is 1.77. The lowest BCUT2D eigenvalue weighted by Crippen LogP contribution is -2.43. The fraction of sp³-hybridized carbons (Fsp3) is 0.636. The number of thiazole rings is 1. The highest BCUT2D eigenvalue weighted by atomic mass is 32.2. The standard InChI is InChI=1S/C11H18N2O2S2/c1-4-15-10(14)9(13-8(2)3)7-17-11-12-5-6-16-11/h5-6,8-9,13H,4,7H2,1-3H3. The molecule has 0 spiro atoms. The van der Waals surface area contributed by atoms with Crippen LogP contribution in [0.2, 0.25) is 0 Å². The molecule has 1 unspecified atom stereocenters. The minimum Gasteiger partial charge on any atom is -0.465 e. The van der Waals surface area contributed by atoms with Gasteiger partial charge in [-0.25, -0.2) is 4.98 Å². The molecule has 0 aromatic carbocycles. The summed E-state index contributed by atoms with van der Waals surface area (Å²) in [6, 6.07) is -0.0230. The quantitative estimate of drug-likeness (QED) is 0.610. The van der Waals surface area contributed by atoms with Crippen LogP contribution in [0.1, 0.15) is 20.8 Å². The SMILES string of the molecule is CCOC(=O)C(CSc1nccs1)NC(C)C. The third kappa shape index (κ3) is 5.52. The Hall–Kier alpha value is -0.590. The normalized spacial score (nSPS) is 12.7. The molecule has 96 valence electrons. The van der Waals surface area contributed by atoms with Gasteiger partial charge in [0.15, 0.2) is 0 Å². The smallest absolute Gasteiger partial charge is 0.324 e. The number of nitrogens with one attached hydrogen (secondary N) is 1. The largest absolute Gasteiger partial charge is 0.465 e. The molecule has 1 aromatic rings. The van der Waals surface area contributed by atoms with E-state index < -0.39 is 0 Å². The van der Waals surface area contributed by atoms with Gasteiger partial charge in [0.25, 0.3) is 0 Å². The monoisotopic (exact) mass is 274 g/mol. The average Bonchev–Trinajstić information content (AvgIpc) is 2.76. The molecule has 1 atom stereocenters. The maximum Gasteiger partial charge on any atom is 0.324 e. The average molecular weight is 274 g/mol. The zero-order valence-corrected chi connectivity index (χ0v) is 11.9. The lowest BCUT2D eigenvalue weighted by molar-refractivity contribution is -0.145. The summed E-state index contributed by atoms with van der Waals surface area (Å²) in [5, 5.41) is 5.14. The van der Waals surface area contributed by atoms with Gasteiger partial charge in [0.2, 0.25) is 0 Å². The number of hydrogen-bond acceptors (Lipinski definition) is 6. The molecule has 1 rings (SSSR count). The van der Waals surface area contributed by atoms with Crippen molar-refractivity contribution in [2.24, 2.45) is 0 Å². The van der Waals surface area contributed by atoms with E-state index in [1.54, 1.807) is 29.3 Å². The second-order valence-electron chi connectivity index (χ2n) is 3.74. The minimum absolute atomic E-state index is 0.190. The molecule has 0 aliphatic rings. The molecule has 17 heavy (non-hydrogen) atoms. The Morgan fingerprint density at radius 2 is 2.41 bits per heavy atom. The van der Waals surface area contributed by atoms with E-state index >= 15 is 0 Å². The Morgan fingerprint density at radius 3 is 2.94 bits per heavy atom. The first-order chi connectivity index (χ1) is 8.13. The number of ether oxygens (including phenoxy) is 1. The van der Waals surface area contributed by atoms with Crippen molar-refractivity contribution in [1.82, 2.24) is 10.3 Å². The molecule has 0 aliphatic carbocycles. The van der Waals surface area contributed by atoms with Crippen molar-refractivity contribution in [1.29, 1.82) is 0 Å². The molecule has 6 heteroatoms. The molecule has 0 fully saturated rings. The van der Waals surface area contributed by atoms with Gasteiger partial charge in [-0.1, -0.05) is 25.6 Å². The summed E-state index contributed by atoms with van der Waals surface area (Å²) < 4.78 is 6.02. The van der Waals surface area contributed by atoms with Gasteiger partial charge in [-0.2, -0.15) is 0 Å². The molecule has 0 saturated carbocycles. The molecule has 1 N–H and O–H groups in total. The van der Waals surface area contributed by atoms with Crippen LogP contribution in [0.15, 0.2) is 15.9 Å². The Bertz CT molecular complexity index is 328. The first-order valence-corrected chi connectivity index (χ1v) is 7.45. The Morgan fingerprint density at radius 1 is 1.65 bits per heavy atom. The molecular weight excluding hydrogens is 256 g/mol. The van der Waals surface area contributed by atoms with Crippen LogP contribution in [0.4, 0.5) is 0 Å². The summed E-state index contributed by atoms with van der Waals surface area (Å²) >= 11 is 3.16. The molecule has 0 bridgehead atoms. The predicted octanol–water partition coefficient (Wildman–Crippen LogP) is 2.16. The van der Waals surface area contributed by atoms with Gasteiger partial charge in [-0.15, -0.1) is 11.3 Å². The molecular formula is C11H18N2O2S2. The van der Waals surface area contributed by atoms with Crippen LogP contribution in [0.5, 0.6) is 0 Å². The molecule has 4 nitrogen and oxygen atoms in total. The third-order valence-electron chi connectivity index (χ3n) is 1.89. The second kappa shape index (κ2) is 7.68. The number of nitrogens with zero attached hydrogens (tertiary/aromatic N) is 1. The highest BCUT2D eigenvalue weighted by molar-refractivity contribution is 8.01. The van der Waals surface area contributed by atoms with Gasteiger partial charge in [-0.05, 0) is 6.92 Å². The van der Waals surface area contributed by atoms with E-state index in [4.69, 9.17) is 4.74 Å². The van der Waals surface area contributed by atoms with E-state index in [0.29, 0.717) is 12.4 Å². The van der Waals surface area contributed by atoms with Crippen molar-refractivity contribution < 1.29 is 9.53 Å². The predicted molar refractivity (Wildman–Crippen MR) is 71.5 cm³/mol. The van der Waals surface area contributed by atoms with Crippen LogP contribution in [0, 0.1) is 0 Å². The number of hydrogen-bond donors (Lipinski definition) is 1. The highest BCUT2D eigenvalue weighted by Gasteiger charge is 2.20. The van der Waals surface area contributed by atoms with Crippen LogP contribution in [0.3, 0.4) is 0 Å². The molecule has 0 radical (unpaired) electrons. The number of thioether (sulfide) groups is 1. The first kappa shape index (κ1) is 14.5. The van der Waals surface area contributed by atoms with Crippen molar-refractivity contribution in [3.05, 3.63) is 11.6 Å². The zero-order chi connectivity index (χ0) is 12.7. The van der Waals surface area contributed by atoms with Crippen molar-refractivity contribution >= 4 is 29.1 Å². The minimum atomic E-state index is -0.274. The van der Waals surface area contributed by atoms with E-state index in [9.17, 15) is 4.79 Å². The van der Waals surface area contributed by atoms with Crippen molar-refractivity contribution in [3.63, 3.8) is 0 Å². The summed E-state index contributed by atoms with van der Waals surface area (Å²) in [5.74, 6) is 0.454. The van der Waals surface area contributed by atoms with Crippen LogP contribution in [-0.2, 0) is 9.53 Å². The van der Waals surface area contributed by atoms with E-state index in [1.165, 1.54) is 0 Å². The topological polar surface area (TPSA) is 51.2 Å². The third-order valence-corrected chi connectivity index (χ3v) is 3.95. The lowest BCUT2D eigenvalue weighted by Gasteiger charge is -2.18. The first-order valence-electron chi connectivity index (χ1n) is 5.58. The molecule has 1 heterocycles. The summed E-state index contributed by atoms with van der Waals surface area (Å²) in [7, 11) is 0. The van der Waals surface area contributed by atoms with E-state index in [2.05, 4.69) is 10.3 Å². The van der Waals surface area contributed by atoms with Crippen LogP contribution < -0.4 is 5.32 Å². The lowest BCUT2D eigenvalue weighted by atomic mass is 10.3. The number of esters is 1. The van der Waals surface area contributed by atoms with Gasteiger partial charge in [0.05, 0.1) is 6.61 Å². The molecule has 0 saturated heterocycles. The Labute approximate surface area is 110 Å². The fourth-order valence-corrected chi connectivity index (χ4v) is 2.95. The van der Waals surface area contributed by atoms with Gasteiger partial charge in [0.1, 0.15) is 10.4 Å². The fourth-order valence-electron chi connectivity index (χ4n) is 1.27. The van der Waals surface area contributed by atoms with Crippen molar-refractivity contribution in [2.45, 2.75) is 37.2 Å². The highest BCUT2D eigenvalue weighted by Crippen LogP contribution is 2.21. The summed E-state index contributed by atoms with van der Waals surface area (Å²) in [4.78, 5) is 15.9. The number of rotatable bonds is 7. The Kier molecular flexibility index (Phi) is 6.54.